The number of carbonyl (C=O) groups is 1. The number of rotatable bonds is 9. The molecule has 26 heavy (non-hydrogen) atoms. The van der Waals surface area contributed by atoms with Gasteiger partial charge in [-0.2, -0.15) is 0 Å². The molecule has 0 saturated carbocycles. The lowest BCUT2D eigenvalue weighted by Gasteiger charge is -2.18. The smallest absolute Gasteiger partial charge is 0.241 e. The van der Waals surface area contributed by atoms with Gasteiger partial charge in [0.15, 0.2) is 5.96 Å². The number of guanidine groups is 1. The summed E-state index contributed by atoms with van der Waals surface area (Å²) in [7, 11) is 3.49. The van der Waals surface area contributed by atoms with E-state index in [2.05, 4.69) is 58.6 Å². The molecule has 6 nitrogen and oxygen atoms in total. The monoisotopic (exact) mass is 475 g/mol. The maximum atomic E-state index is 11.7. The Morgan fingerprint density at radius 1 is 1.00 bits per heavy atom. The second kappa shape index (κ2) is 13.8. The van der Waals surface area contributed by atoms with E-state index in [-0.39, 0.29) is 36.4 Å². The molecule has 0 unspecified atom stereocenters. The Labute approximate surface area is 175 Å². The van der Waals surface area contributed by atoms with E-state index in [9.17, 15) is 4.79 Å². The Kier molecular flexibility index (Phi) is 13.1. The highest BCUT2D eigenvalue weighted by Crippen LogP contribution is 2.08. The van der Waals surface area contributed by atoms with Crippen LogP contribution in [0.25, 0.3) is 0 Å². The third-order valence-corrected chi connectivity index (χ3v) is 3.99. The Morgan fingerprint density at radius 3 is 2.08 bits per heavy atom. The van der Waals surface area contributed by atoms with Crippen molar-refractivity contribution in [1.29, 1.82) is 0 Å². The first-order valence-electron chi connectivity index (χ1n) is 9.02. The maximum Gasteiger partial charge on any atom is 0.241 e. The molecule has 0 bridgehead atoms. The van der Waals surface area contributed by atoms with Crippen molar-refractivity contribution in [1.82, 2.24) is 20.4 Å². The molecule has 7 heteroatoms. The van der Waals surface area contributed by atoms with Crippen LogP contribution in [0.3, 0.4) is 0 Å². The number of hydrogen-bond donors (Lipinski definition) is 2. The van der Waals surface area contributed by atoms with Crippen LogP contribution in [0, 0.1) is 0 Å². The summed E-state index contributed by atoms with van der Waals surface area (Å²) >= 11 is 0. The summed E-state index contributed by atoms with van der Waals surface area (Å²) in [5.74, 6) is 0.677. The van der Waals surface area contributed by atoms with Crippen molar-refractivity contribution >= 4 is 35.8 Å². The average Bonchev–Trinajstić information content (AvgIpc) is 2.62. The quantitative estimate of drug-likeness (QED) is 0.327. The van der Waals surface area contributed by atoms with Gasteiger partial charge in [-0.25, -0.2) is 4.99 Å². The van der Waals surface area contributed by atoms with Gasteiger partial charge in [0.2, 0.25) is 5.91 Å². The fourth-order valence-electron chi connectivity index (χ4n) is 2.29. The number of carbonyl (C=O) groups excluding carboxylic acids is 1. The van der Waals surface area contributed by atoms with Crippen LogP contribution in [0.5, 0.6) is 0 Å². The third-order valence-electron chi connectivity index (χ3n) is 3.99. The third kappa shape index (κ3) is 9.38. The lowest BCUT2D eigenvalue weighted by molar-refractivity contribution is -0.127. The molecule has 0 atom stereocenters. The molecule has 0 aliphatic rings. The summed E-state index contributed by atoms with van der Waals surface area (Å²) in [6.45, 7) is 11.0. The van der Waals surface area contributed by atoms with Gasteiger partial charge in [-0.15, -0.1) is 24.0 Å². The first-order valence-corrected chi connectivity index (χ1v) is 9.02. The van der Waals surface area contributed by atoms with E-state index in [4.69, 9.17) is 0 Å². The van der Waals surface area contributed by atoms with Crippen LogP contribution in [0.4, 0.5) is 0 Å². The van der Waals surface area contributed by atoms with Gasteiger partial charge in [-0.1, -0.05) is 38.1 Å². The maximum absolute atomic E-state index is 11.7. The number of benzene rings is 1. The highest BCUT2D eigenvalue weighted by Gasteiger charge is 2.05. The number of hydrogen-bond acceptors (Lipinski definition) is 3. The van der Waals surface area contributed by atoms with E-state index < -0.39 is 0 Å². The Bertz CT molecular complexity index is 541. The largest absolute Gasteiger partial charge is 0.357 e. The number of nitrogens with one attached hydrogen (secondary N) is 2. The lowest BCUT2D eigenvalue weighted by Crippen LogP contribution is -2.42. The molecule has 0 fully saturated rings. The number of nitrogens with zero attached hydrogens (tertiary/aromatic N) is 3. The van der Waals surface area contributed by atoms with Gasteiger partial charge in [-0.3, -0.25) is 9.69 Å². The molecule has 0 radical (unpaired) electrons. The number of halogens is 1. The molecule has 0 aliphatic heterocycles. The van der Waals surface area contributed by atoms with E-state index in [0.717, 1.165) is 31.7 Å². The van der Waals surface area contributed by atoms with Crippen molar-refractivity contribution < 1.29 is 4.79 Å². The molecule has 1 aromatic rings. The summed E-state index contributed by atoms with van der Waals surface area (Å²) in [4.78, 5) is 20.2. The summed E-state index contributed by atoms with van der Waals surface area (Å²) in [6.07, 6.45) is 0. The summed E-state index contributed by atoms with van der Waals surface area (Å²) in [5.41, 5.74) is 2.47. The molecule has 1 amide bonds. The van der Waals surface area contributed by atoms with Gasteiger partial charge in [0, 0.05) is 27.2 Å². The van der Waals surface area contributed by atoms with Crippen molar-refractivity contribution in [2.24, 2.45) is 4.99 Å². The normalized spacial score (nSPS) is 11.1. The van der Waals surface area contributed by atoms with Crippen molar-refractivity contribution in [2.75, 3.05) is 40.3 Å². The number of aliphatic imine (C=N–C) groups is 1. The van der Waals surface area contributed by atoms with Crippen LogP contribution in [0.2, 0.25) is 0 Å². The highest BCUT2D eigenvalue weighted by atomic mass is 127. The van der Waals surface area contributed by atoms with E-state index in [1.165, 1.54) is 5.56 Å². The van der Waals surface area contributed by atoms with Gasteiger partial charge < -0.3 is 15.5 Å². The second-order valence-electron chi connectivity index (χ2n) is 6.11. The van der Waals surface area contributed by atoms with Crippen LogP contribution < -0.4 is 10.6 Å². The second-order valence-corrected chi connectivity index (χ2v) is 6.11. The molecule has 1 rings (SSSR count). The average molecular weight is 475 g/mol. The predicted molar refractivity (Wildman–Crippen MR) is 120 cm³/mol. The minimum Gasteiger partial charge on any atom is -0.357 e. The Hall–Kier alpha value is -1.35. The molecule has 148 valence electrons. The van der Waals surface area contributed by atoms with Crippen molar-refractivity contribution in [2.45, 2.75) is 33.9 Å². The van der Waals surface area contributed by atoms with Gasteiger partial charge in [-0.05, 0) is 31.1 Å². The zero-order valence-corrected chi connectivity index (χ0v) is 19.0. The molecule has 2 N–H and O–H groups in total. The lowest BCUT2D eigenvalue weighted by atomic mass is 10.1. The van der Waals surface area contributed by atoms with Crippen LogP contribution in [-0.2, 0) is 17.9 Å². The molecular weight excluding hydrogens is 441 g/mol. The molecule has 0 saturated heterocycles. The molecular formula is C19H34IN5O. The van der Waals surface area contributed by atoms with Crippen molar-refractivity contribution in [3.63, 3.8) is 0 Å². The summed E-state index contributed by atoms with van der Waals surface area (Å²) < 4.78 is 0. The van der Waals surface area contributed by atoms with E-state index >= 15 is 0 Å². The van der Waals surface area contributed by atoms with Crippen LogP contribution >= 0.6 is 24.0 Å². The van der Waals surface area contributed by atoms with E-state index in [0.29, 0.717) is 12.5 Å². The highest BCUT2D eigenvalue weighted by molar-refractivity contribution is 14.0. The minimum atomic E-state index is 0. The topological polar surface area (TPSA) is 60.0 Å². The first kappa shape index (κ1) is 24.7. The van der Waals surface area contributed by atoms with Crippen molar-refractivity contribution in [3.8, 4) is 0 Å². The van der Waals surface area contributed by atoms with Gasteiger partial charge in [0.1, 0.15) is 0 Å². The van der Waals surface area contributed by atoms with Gasteiger partial charge >= 0.3 is 0 Å². The molecule has 0 aliphatic carbocycles. The minimum absolute atomic E-state index is 0. The Balaban J connectivity index is 0.00000625. The standard InChI is InChI=1S/C19H33N5O.HI/c1-6-20-19(22-14-18(25)23(4)5)21-13-16-9-11-17(12-10-16)15-24(7-2)8-3;/h9-12H,6-8,13-15H2,1-5H3,(H2,20,21,22);1H. The molecule has 1 aromatic carbocycles. The zero-order chi connectivity index (χ0) is 18.7. The Morgan fingerprint density at radius 2 is 1.58 bits per heavy atom. The summed E-state index contributed by atoms with van der Waals surface area (Å²) in [6, 6.07) is 8.58. The SMILES string of the molecule is CCNC(=NCc1ccc(CN(CC)CC)cc1)NCC(=O)N(C)C.I. The molecule has 0 heterocycles. The van der Waals surface area contributed by atoms with Gasteiger partial charge in [0.25, 0.3) is 0 Å². The van der Waals surface area contributed by atoms with E-state index in [1.807, 2.05) is 6.92 Å². The van der Waals surface area contributed by atoms with Gasteiger partial charge in [0.05, 0.1) is 13.1 Å². The van der Waals surface area contributed by atoms with Crippen molar-refractivity contribution in [3.05, 3.63) is 35.4 Å². The van der Waals surface area contributed by atoms with Crippen LogP contribution in [-0.4, -0.2) is 61.9 Å². The predicted octanol–water partition coefficient (Wildman–Crippen LogP) is 2.29. The van der Waals surface area contributed by atoms with Crippen LogP contribution in [0.1, 0.15) is 31.9 Å². The number of likely N-dealkylation sites (N-methyl/N-ethyl adjacent to an activating group) is 1. The number of amides is 1. The first-order chi connectivity index (χ1) is 12.0. The fraction of sp³-hybridized carbons (Fsp3) is 0.579. The fourth-order valence-corrected chi connectivity index (χ4v) is 2.29. The van der Waals surface area contributed by atoms with Crippen LogP contribution in [0.15, 0.2) is 29.3 Å². The molecule has 0 aromatic heterocycles. The summed E-state index contributed by atoms with van der Waals surface area (Å²) in [5, 5.41) is 6.23. The zero-order valence-electron chi connectivity index (χ0n) is 16.7. The molecule has 0 spiro atoms. The van der Waals surface area contributed by atoms with E-state index in [1.54, 1.807) is 19.0 Å².